The second-order valence-electron chi connectivity index (χ2n) is 22.7. The maximum absolute atomic E-state index is 15.1. The lowest BCUT2D eigenvalue weighted by molar-refractivity contribution is -0.344. The van der Waals surface area contributed by atoms with Gasteiger partial charge in [-0.3, -0.25) is 4.79 Å². The lowest BCUT2D eigenvalue weighted by Gasteiger charge is -2.50. The first kappa shape index (κ1) is 73.7. The number of hydrogen-bond donors (Lipinski definition) is 5. The molecule has 97 heavy (non-hydrogen) atoms. The fourth-order valence-corrected chi connectivity index (χ4v) is 11.1. The fourth-order valence-electron chi connectivity index (χ4n) is 11.1. The molecule has 8 rings (SSSR count). The van der Waals surface area contributed by atoms with Crippen LogP contribution >= 0.6 is 0 Å². The van der Waals surface area contributed by atoms with Crippen molar-refractivity contribution in [2.75, 3.05) is 39.4 Å². The predicted octanol–water partition coefficient (Wildman–Crippen LogP) is 8.91. The van der Waals surface area contributed by atoms with E-state index < -0.39 is 129 Å². The normalized spacial score (nSPS) is 26.1. The average Bonchev–Trinajstić information content (AvgIpc) is 0.777. The van der Waals surface area contributed by atoms with E-state index >= 15 is 4.79 Å². The van der Waals surface area contributed by atoms with Crippen LogP contribution in [-0.4, -0.2) is 177 Å². The molecule has 0 unspecified atom stereocenters. The van der Waals surface area contributed by atoms with Gasteiger partial charge in [-0.15, -0.1) is 0 Å². The van der Waals surface area contributed by atoms with Gasteiger partial charge in [-0.05, 0) is 68.8 Å². The van der Waals surface area contributed by atoms with Gasteiger partial charge >= 0.3 is 6.09 Å². The van der Waals surface area contributed by atoms with Gasteiger partial charge in [0.05, 0.1) is 108 Å². The molecule has 33 heteroatoms. The molecule has 0 bridgehead atoms. The highest BCUT2D eigenvalue weighted by molar-refractivity contribution is 5.81. The molecule has 2 aliphatic heterocycles. The quantitative estimate of drug-likeness (QED) is 0.0141. The number of hydrogen-bond acceptors (Lipinski definition) is 21. The molecule has 2 heterocycles. The van der Waals surface area contributed by atoms with E-state index in [1.807, 2.05) is 103 Å². The van der Waals surface area contributed by atoms with E-state index in [2.05, 4.69) is 60.8 Å². The number of azide groups is 5. The minimum Gasteiger partial charge on any atom is -0.445 e. The molecule has 2 amide bonds. The highest BCUT2D eigenvalue weighted by Crippen LogP contribution is 2.37. The maximum Gasteiger partial charge on any atom is 0.407 e. The summed E-state index contributed by atoms with van der Waals surface area (Å²) in [5.74, 6) is -0.769. The molecule has 5 aromatic carbocycles. The number of nitrogens with one attached hydrogen (secondary N) is 2. The van der Waals surface area contributed by atoms with Crippen LogP contribution in [0, 0.1) is 0 Å². The van der Waals surface area contributed by atoms with Crippen molar-refractivity contribution in [2.24, 2.45) is 25.6 Å². The number of alkyl carbamates (subject to hydrolysis) is 1. The number of carbonyl (C=O) groups excluding carboxylic acids is 2. The van der Waals surface area contributed by atoms with Gasteiger partial charge in [-0.2, -0.15) is 0 Å². The summed E-state index contributed by atoms with van der Waals surface area (Å²) in [6, 6.07) is 41.1. The maximum atomic E-state index is 15.1. The number of rotatable bonds is 37. The molecule has 33 nitrogen and oxygen atoms in total. The van der Waals surface area contributed by atoms with Crippen LogP contribution in [0.2, 0.25) is 0 Å². The molecule has 0 radical (unpaired) electrons. The second kappa shape index (κ2) is 39.8. The average molecular weight is 1340 g/mol. The third-order valence-electron chi connectivity index (χ3n) is 16.0. The van der Waals surface area contributed by atoms with Crippen LogP contribution in [0.1, 0.15) is 47.6 Å². The molecule has 18 atom stereocenters. The van der Waals surface area contributed by atoms with Crippen LogP contribution < -0.4 is 10.6 Å². The summed E-state index contributed by atoms with van der Waals surface area (Å²) in [6.07, 6.45) is -22.7. The summed E-state index contributed by atoms with van der Waals surface area (Å²) in [6.45, 7) is 0.313. The Kier molecular flexibility index (Phi) is 30.2. The Morgan fingerprint density at radius 2 is 1.05 bits per heavy atom. The Balaban J connectivity index is 1.14. The van der Waals surface area contributed by atoms with Crippen molar-refractivity contribution >= 4 is 12.0 Å². The SMILES string of the molecule is C[C@H]1O[C@H](O[C@@H]2[C@@H](O)[C@H](O[C@H]3O[C@H](CN=[N+]=[N-])[C@@H](O)[C@H](O)[C@H]3N=[N+]=[N-])[C@@H](N=[N+]=[N-])C[C@H]2NC(=O)[C@H](CCNC(=O)OCc2ccccc2)OCc2ccccc2)[C@H](OCc2ccccc2)[C@@H](OCc2ccccc2)[C@@H]1OC[C@@H](CN=[N+]=[N-])OC[C@@H](CN=[N+]=[N-])OCc1ccccc1. The van der Waals surface area contributed by atoms with E-state index in [9.17, 15) is 47.8 Å². The highest BCUT2D eigenvalue weighted by atomic mass is 16.7. The Bertz CT molecular complexity index is 3450. The molecule has 3 fully saturated rings. The molecule has 2 saturated heterocycles. The Labute approximate surface area is 557 Å². The topological polar surface area (TPSA) is 464 Å². The fraction of sp³-hybridized carbons (Fsp3) is 0.500. The van der Waals surface area contributed by atoms with Crippen molar-refractivity contribution < 1.29 is 77.0 Å². The van der Waals surface area contributed by atoms with E-state index in [0.29, 0.717) is 11.1 Å². The monoisotopic (exact) mass is 1340 g/mol. The number of benzene rings is 5. The number of ether oxygens (including phenoxy) is 11. The summed E-state index contributed by atoms with van der Waals surface area (Å²) in [5, 5.41) is 59.7. The van der Waals surface area contributed by atoms with E-state index in [4.69, 9.17) is 52.1 Å². The molecular weight excluding hydrogens is 1260 g/mol. The first-order chi connectivity index (χ1) is 47.4. The molecule has 1 saturated carbocycles. The number of aliphatic hydroxyl groups is 3. The molecule has 514 valence electrons. The van der Waals surface area contributed by atoms with Crippen molar-refractivity contribution in [3.05, 3.63) is 232 Å². The highest BCUT2D eigenvalue weighted by Gasteiger charge is 2.55. The van der Waals surface area contributed by atoms with Crippen LogP contribution in [0.3, 0.4) is 0 Å². The molecule has 1 aliphatic carbocycles. The smallest absolute Gasteiger partial charge is 0.407 e. The van der Waals surface area contributed by atoms with Gasteiger partial charge in [0.2, 0.25) is 5.91 Å². The molecule has 0 spiro atoms. The second-order valence-corrected chi connectivity index (χ2v) is 22.7. The summed E-state index contributed by atoms with van der Waals surface area (Å²) < 4.78 is 70.9. The Morgan fingerprint density at radius 1 is 0.536 bits per heavy atom. The van der Waals surface area contributed by atoms with Crippen LogP contribution in [0.4, 0.5) is 4.79 Å². The summed E-state index contributed by atoms with van der Waals surface area (Å²) >= 11 is 0. The van der Waals surface area contributed by atoms with Crippen LogP contribution in [-0.2, 0) is 89.9 Å². The Morgan fingerprint density at radius 3 is 1.61 bits per heavy atom. The Hall–Kier alpha value is -9.13. The summed E-state index contributed by atoms with van der Waals surface area (Å²) in [5.41, 5.74) is 51.6. The standard InChI is InChI=1S/C64H77N17O16/c1-40-56(92-39-47(31-72-78-66)88-38-46(30-71-77-65)87-33-41-17-7-2-8-18-41)59(90-35-43-21-11-4-12-22-43)60(91-36-44-23-13-5-14-24-44)63(94-40)97-57-48(29-49(75-80-68)58(55(57)84)96-62-52(76-81-69)54(83)53(82)51(95-62)32-73-79-67)74-61(85)50(89-34-42-19-9-3-10-20-42)27-28-70-64(86)93-37-45-25-15-6-16-26-45/h2-26,40,46-60,62-63,82-84H,27-39H2,1H3,(H,70,86)(H,74,85)/t40-,46-,47-,48-,49+,50+,51-,52-,53-,54-,55-,56-,57+,58-,59+,60-,62-,63-/m1/s1. The van der Waals surface area contributed by atoms with E-state index in [0.717, 1.165) is 16.7 Å². The number of carbonyl (C=O) groups is 2. The van der Waals surface area contributed by atoms with Gasteiger partial charge in [0.15, 0.2) is 12.6 Å². The van der Waals surface area contributed by atoms with Crippen LogP contribution in [0.25, 0.3) is 52.2 Å². The summed E-state index contributed by atoms with van der Waals surface area (Å²) in [4.78, 5) is 42.6. The van der Waals surface area contributed by atoms with Gasteiger partial charge in [0.25, 0.3) is 0 Å². The van der Waals surface area contributed by atoms with Gasteiger partial charge in [-0.1, -0.05) is 177 Å². The largest absolute Gasteiger partial charge is 0.445 e. The third kappa shape index (κ3) is 22.7. The van der Waals surface area contributed by atoms with Gasteiger partial charge in [-0.25, -0.2) is 4.79 Å². The van der Waals surface area contributed by atoms with Crippen LogP contribution in [0.5, 0.6) is 0 Å². The predicted molar refractivity (Wildman–Crippen MR) is 344 cm³/mol. The van der Waals surface area contributed by atoms with Crippen molar-refractivity contribution in [2.45, 2.75) is 163 Å². The molecule has 0 aromatic heterocycles. The molecule has 5 N–H and O–H groups in total. The minimum absolute atomic E-state index is 0.0259. The van der Waals surface area contributed by atoms with Gasteiger partial charge in [0.1, 0.15) is 55.4 Å². The zero-order valence-electron chi connectivity index (χ0n) is 52.9. The first-order valence-corrected chi connectivity index (χ1v) is 31.3. The zero-order chi connectivity index (χ0) is 68.6. The van der Waals surface area contributed by atoms with Crippen molar-refractivity contribution in [1.82, 2.24) is 10.6 Å². The van der Waals surface area contributed by atoms with Crippen molar-refractivity contribution in [1.29, 1.82) is 0 Å². The van der Waals surface area contributed by atoms with Gasteiger partial charge in [0, 0.05) is 37.5 Å². The van der Waals surface area contributed by atoms with Gasteiger partial charge < -0.3 is 78.1 Å². The molecular formula is C64H77N17O16. The van der Waals surface area contributed by atoms with Crippen LogP contribution in [0.15, 0.2) is 177 Å². The molecule has 5 aromatic rings. The zero-order valence-corrected chi connectivity index (χ0v) is 52.9. The van der Waals surface area contributed by atoms with Crippen molar-refractivity contribution in [3.8, 4) is 0 Å². The minimum atomic E-state index is -2.00. The molecule has 3 aliphatic rings. The lowest BCUT2D eigenvalue weighted by atomic mass is 9.83. The number of nitrogens with zero attached hydrogens (tertiary/aromatic N) is 15. The first-order valence-electron chi connectivity index (χ1n) is 31.3. The van der Waals surface area contributed by atoms with Crippen molar-refractivity contribution in [3.63, 3.8) is 0 Å². The third-order valence-corrected chi connectivity index (χ3v) is 16.0. The van der Waals surface area contributed by atoms with E-state index in [-0.39, 0.29) is 78.7 Å². The van der Waals surface area contributed by atoms with E-state index in [1.165, 1.54) is 0 Å². The number of amides is 2. The summed E-state index contributed by atoms with van der Waals surface area (Å²) in [7, 11) is 0. The number of aliphatic hydroxyl groups excluding tert-OH is 3. The lowest BCUT2D eigenvalue weighted by Crippen LogP contribution is -2.67. The van der Waals surface area contributed by atoms with E-state index in [1.54, 1.807) is 55.5 Å².